The topological polar surface area (TPSA) is 21.3 Å². The first kappa shape index (κ1) is 14.8. The minimum Gasteiger partial charge on any atom is -0.492 e. The normalized spacial score (nSPS) is 12.2. The molecule has 2 aromatic carbocycles. The number of hydrogen-bond donors (Lipinski definition) is 1. The number of halogens is 3. The van der Waals surface area contributed by atoms with E-state index in [9.17, 15) is 8.78 Å². The molecule has 2 nitrogen and oxygen atoms in total. The Bertz CT molecular complexity index is 572. The van der Waals surface area contributed by atoms with Crippen LogP contribution >= 0.6 is 11.6 Å². The van der Waals surface area contributed by atoms with Gasteiger partial charge in [0, 0.05) is 10.6 Å². The van der Waals surface area contributed by atoms with Gasteiger partial charge in [0.15, 0.2) is 0 Å². The molecule has 0 spiro atoms. The maximum atomic E-state index is 13.7. The molecular weight excluding hydrogens is 284 g/mol. The molecule has 0 heterocycles. The fraction of sp³-hybridized carbons (Fsp3) is 0.200. The molecule has 0 saturated carbocycles. The maximum Gasteiger partial charge on any atom is 0.131 e. The Labute approximate surface area is 121 Å². The van der Waals surface area contributed by atoms with E-state index >= 15 is 0 Å². The third-order valence-corrected chi connectivity index (χ3v) is 3.14. The predicted molar refractivity (Wildman–Crippen MR) is 75.1 cm³/mol. The maximum absolute atomic E-state index is 13.7. The molecule has 1 unspecified atom stereocenters. The minimum absolute atomic E-state index is 0.0305. The first-order chi connectivity index (χ1) is 9.61. The second kappa shape index (κ2) is 6.68. The van der Waals surface area contributed by atoms with Crippen LogP contribution in [0.5, 0.6) is 5.75 Å². The number of benzene rings is 2. The summed E-state index contributed by atoms with van der Waals surface area (Å²) in [4.78, 5) is 0. The molecule has 0 aromatic heterocycles. The summed E-state index contributed by atoms with van der Waals surface area (Å²) < 4.78 is 33.0. The SMILES string of the molecule is CNC(COc1cccc(Cl)c1)c1c(F)cccc1F. The summed E-state index contributed by atoms with van der Waals surface area (Å²) in [5.74, 6) is -0.646. The molecule has 0 aliphatic rings. The summed E-state index contributed by atoms with van der Waals surface area (Å²) in [6.45, 7) is 0.0920. The van der Waals surface area contributed by atoms with E-state index in [4.69, 9.17) is 16.3 Å². The quantitative estimate of drug-likeness (QED) is 0.902. The summed E-state index contributed by atoms with van der Waals surface area (Å²) in [6, 6.07) is 10.0. The van der Waals surface area contributed by atoms with Gasteiger partial charge in [-0.3, -0.25) is 0 Å². The molecule has 0 fully saturated rings. The molecule has 106 valence electrons. The number of hydrogen-bond acceptors (Lipinski definition) is 2. The van der Waals surface area contributed by atoms with Crippen LogP contribution in [0.15, 0.2) is 42.5 Å². The van der Waals surface area contributed by atoms with Gasteiger partial charge in [-0.2, -0.15) is 0 Å². The lowest BCUT2D eigenvalue weighted by Gasteiger charge is -2.18. The van der Waals surface area contributed by atoms with Crippen molar-refractivity contribution in [3.63, 3.8) is 0 Å². The van der Waals surface area contributed by atoms with Crippen LogP contribution in [0.2, 0.25) is 5.02 Å². The van der Waals surface area contributed by atoms with Crippen molar-refractivity contribution in [2.45, 2.75) is 6.04 Å². The van der Waals surface area contributed by atoms with Crippen molar-refractivity contribution in [1.29, 1.82) is 0 Å². The summed E-state index contributed by atoms with van der Waals surface area (Å²) >= 11 is 5.85. The van der Waals surface area contributed by atoms with Gasteiger partial charge >= 0.3 is 0 Å². The van der Waals surface area contributed by atoms with Gasteiger partial charge in [-0.15, -0.1) is 0 Å². The lowest BCUT2D eigenvalue weighted by molar-refractivity contribution is 0.266. The van der Waals surface area contributed by atoms with E-state index in [1.54, 1.807) is 31.3 Å². The van der Waals surface area contributed by atoms with Crippen LogP contribution in [0.1, 0.15) is 11.6 Å². The molecule has 0 radical (unpaired) electrons. The third-order valence-electron chi connectivity index (χ3n) is 2.91. The molecule has 2 rings (SSSR count). The van der Waals surface area contributed by atoms with Crippen LogP contribution in [0.4, 0.5) is 8.78 Å². The summed E-state index contributed by atoms with van der Waals surface area (Å²) in [5.41, 5.74) is -0.0305. The highest BCUT2D eigenvalue weighted by Crippen LogP contribution is 2.23. The molecular formula is C15H14ClF2NO. The molecule has 20 heavy (non-hydrogen) atoms. The van der Waals surface area contributed by atoms with Crippen LogP contribution in [-0.4, -0.2) is 13.7 Å². The van der Waals surface area contributed by atoms with Gasteiger partial charge in [0.2, 0.25) is 0 Å². The van der Waals surface area contributed by atoms with E-state index in [1.807, 2.05) is 0 Å². The number of nitrogens with one attached hydrogen (secondary N) is 1. The monoisotopic (exact) mass is 297 g/mol. The van der Waals surface area contributed by atoms with E-state index in [0.717, 1.165) is 0 Å². The van der Waals surface area contributed by atoms with Crippen LogP contribution < -0.4 is 10.1 Å². The Kier molecular flexibility index (Phi) is 4.93. The predicted octanol–water partition coefficient (Wildman–Crippen LogP) is 3.96. The molecule has 0 bridgehead atoms. The van der Waals surface area contributed by atoms with Crippen molar-refractivity contribution in [2.75, 3.05) is 13.7 Å². The van der Waals surface area contributed by atoms with Crippen LogP contribution in [0.3, 0.4) is 0 Å². The van der Waals surface area contributed by atoms with Gasteiger partial charge < -0.3 is 10.1 Å². The fourth-order valence-corrected chi connectivity index (χ4v) is 2.07. The van der Waals surface area contributed by atoms with Gasteiger partial charge in [0.25, 0.3) is 0 Å². The lowest BCUT2D eigenvalue weighted by atomic mass is 10.1. The lowest BCUT2D eigenvalue weighted by Crippen LogP contribution is -2.25. The molecule has 1 N–H and O–H groups in total. The van der Waals surface area contributed by atoms with E-state index in [-0.39, 0.29) is 12.2 Å². The van der Waals surface area contributed by atoms with Crippen molar-refractivity contribution in [3.8, 4) is 5.75 Å². The fourth-order valence-electron chi connectivity index (χ4n) is 1.89. The second-order valence-electron chi connectivity index (χ2n) is 4.24. The van der Waals surface area contributed by atoms with Gasteiger partial charge in [0.05, 0.1) is 6.04 Å². The third kappa shape index (κ3) is 3.46. The smallest absolute Gasteiger partial charge is 0.131 e. The summed E-state index contributed by atoms with van der Waals surface area (Å²) in [6.07, 6.45) is 0. The van der Waals surface area contributed by atoms with E-state index in [1.165, 1.54) is 18.2 Å². The van der Waals surface area contributed by atoms with Crippen molar-refractivity contribution in [1.82, 2.24) is 5.32 Å². The molecule has 0 aliphatic heterocycles. The molecule has 0 aliphatic carbocycles. The van der Waals surface area contributed by atoms with Crippen molar-refractivity contribution < 1.29 is 13.5 Å². The Balaban J connectivity index is 2.13. The largest absolute Gasteiger partial charge is 0.492 e. The zero-order valence-corrected chi connectivity index (χ0v) is 11.6. The van der Waals surface area contributed by atoms with Gasteiger partial charge in [-0.1, -0.05) is 23.7 Å². The molecule has 5 heteroatoms. The van der Waals surface area contributed by atoms with Crippen molar-refractivity contribution in [2.24, 2.45) is 0 Å². The average Bonchev–Trinajstić information content (AvgIpc) is 2.42. The van der Waals surface area contributed by atoms with Crippen molar-refractivity contribution >= 4 is 11.6 Å². The Morgan fingerprint density at radius 1 is 1.15 bits per heavy atom. The first-order valence-electron chi connectivity index (χ1n) is 6.11. The Morgan fingerprint density at radius 3 is 2.40 bits per heavy atom. The number of likely N-dealkylation sites (N-methyl/N-ethyl adjacent to an activating group) is 1. The average molecular weight is 298 g/mol. The second-order valence-corrected chi connectivity index (χ2v) is 4.68. The van der Waals surface area contributed by atoms with E-state index in [0.29, 0.717) is 10.8 Å². The van der Waals surface area contributed by atoms with Gasteiger partial charge in [-0.05, 0) is 37.4 Å². The van der Waals surface area contributed by atoms with Crippen molar-refractivity contribution in [3.05, 3.63) is 64.7 Å². The zero-order chi connectivity index (χ0) is 14.5. The van der Waals surface area contributed by atoms with Crippen LogP contribution in [0.25, 0.3) is 0 Å². The summed E-state index contributed by atoms with van der Waals surface area (Å²) in [7, 11) is 1.62. The standard InChI is InChI=1S/C15H14ClF2NO/c1-19-14(15-12(17)6-3-7-13(15)18)9-20-11-5-2-4-10(16)8-11/h2-8,14,19H,9H2,1H3. The van der Waals surface area contributed by atoms with Gasteiger partial charge in [-0.25, -0.2) is 8.78 Å². The van der Waals surface area contributed by atoms with Crippen LogP contribution in [-0.2, 0) is 0 Å². The van der Waals surface area contributed by atoms with Gasteiger partial charge in [0.1, 0.15) is 24.0 Å². The molecule has 1 atom stereocenters. The number of ether oxygens (including phenoxy) is 1. The van der Waals surface area contributed by atoms with Crippen LogP contribution in [0, 0.1) is 11.6 Å². The molecule has 0 amide bonds. The summed E-state index contributed by atoms with van der Waals surface area (Å²) in [5, 5.41) is 3.39. The number of rotatable bonds is 5. The molecule has 2 aromatic rings. The first-order valence-corrected chi connectivity index (χ1v) is 6.49. The molecule has 0 saturated heterocycles. The van der Waals surface area contributed by atoms with E-state index < -0.39 is 17.7 Å². The minimum atomic E-state index is -0.598. The highest BCUT2D eigenvalue weighted by atomic mass is 35.5. The van der Waals surface area contributed by atoms with E-state index in [2.05, 4.69) is 5.32 Å². The highest BCUT2D eigenvalue weighted by Gasteiger charge is 2.19. The Morgan fingerprint density at radius 2 is 1.80 bits per heavy atom. The Hall–Kier alpha value is -1.65. The zero-order valence-electron chi connectivity index (χ0n) is 10.9. The highest BCUT2D eigenvalue weighted by molar-refractivity contribution is 6.30.